The number of phenols is 1. The van der Waals surface area contributed by atoms with Crippen LogP contribution in [0.2, 0.25) is 0 Å². The highest BCUT2D eigenvalue weighted by Gasteiger charge is 2.24. The van der Waals surface area contributed by atoms with Gasteiger partial charge >= 0.3 is 0 Å². The smallest absolute Gasteiger partial charge is 0.127 e. The van der Waals surface area contributed by atoms with Crippen molar-refractivity contribution in [2.75, 3.05) is 7.11 Å². The minimum absolute atomic E-state index is 0.114. The molecule has 1 unspecified atom stereocenters. The summed E-state index contributed by atoms with van der Waals surface area (Å²) in [7, 11) is 1.51. The molecule has 17 heavy (non-hydrogen) atoms. The first-order valence-corrected chi connectivity index (χ1v) is 5.81. The second-order valence-electron chi connectivity index (χ2n) is 4.33. The number of aliphatic hydroxyl groups excluding tert-OH is 1. The average Bonchev–Trinajstić information content (AvgIpc) is 2.35. The molecule has 4 heteroatoms. The number of rotatable bonds is 5. The van der Waals surface area contributed by atoms with E-state index in [-0.39, 0.29) is 11.7 Å². The molecule has 0 aliphatic rings. The van der Waals surface area contributed by atoms with E-state index in [1.807, 2.05) is 13.8 Å². The van der Waals surface area contributed by atoms with Gasteiger partial charge in [0.05, 0.1) is 19.3 Å². The van der Waals surface area contributed by atoms with Crippen LogP contribution in [0.25, 0.3) is 0 Å². The SMILES string of the molecule is CCC(C)[C@@H](O)[C@@H](N)c1ccc(O)cc1OC. The van der Waals surface area contributed by atoms with Crippen molar-refractivity contribution in [3.8, 4) is 11.5 Å². The third kappa shape index (κ3) is 3.11. The van der Waals surface area contributed by atoms with E-state index in [4.69, 9.17) is 10.5 Å². The standard InChI is InChI=1S/C13H21NO3/c1-4-8(2)13(16)12(14)10-6-5-9(15)7-11(10)17-3/h5-8,12-13,15-16H,4,14H2,1-3H3/t8?,12-,13+/m0/s1. The van der Waals surface area contributed by atoms with E-state index < -0.39 is 12.1 Å². The summed E-state index contributed by atoms with van der Waals surface area (Å²) in [6, 6.07) is 4.21. The van der Waals surface area contributed by atoms with Crippen molar-refractivity contribution in [1.29, 1.82) is 0 Å². The normalized spacial score (nSPS) is 16.3. The van der Waals surface area contributed by atoms with Crippen LogP contribution < -0.4 is 10.5 Å². The molecule has 0 saturated carbocycles. The molecule has 0 bridgehead atoms. The summed E-state index contributed by atoms with van der Waals surface area (Å²) in [5.74, 6) is 0.735. The van der Waals surface area contributed by atoms with Crippen molar-refractivity contribution in [2.24, 2.45) is 11.7 Å². The number of aliphatic hydroxyl groups is 1. The number of aromatic hydroxyl groups is 1. The molecular formula is C13H21NO3. The predicted octanol–water partition coefficient (Wildman–Crippen LogP) is 1.81. The fourth-order valence-electron chi connectivity index (χ4n) is 1.75. The Bertz CT molecular complexity index is 368. The highest BCUT2D eigenvalue weighted by molar-refractivity contribution is 5.42. The second-order valence-corrected chi connectivity index (χ2v) is 4.33. The third-order valence-corrected chi connectivity index (χ3v) is 3.17. The molecule has 4 N–H and O–H groups in total. The lowest BCUT2D eigenvalue weighted by atomic mass is 9.91. The van der Waals surface area contributed by atoms with Gasteiger partial charge in [0.2, 0.25) is 0 Å². The third-order valence-electron chi connectivity index (χ3n) is 3.17. The Hall–Kier alpha value is -1.26. The second kappa shape index (κ2) is 5.89. The lowest BCUT2D eigenvalue weighted by molar-refractivity contribution is 0.0870. The number of methoxy groups -OCH3 is 1. The van der Waals surface area contributed by atoms with Crippen LogP contribution in [-0.4, -0.2) is 23.4 Å². The number of hydrogen-bond acceptors (Lipinski definition) is 4. The molecule has 0 aliphatic heterocycles. The molecule has 0 radical (unpaired) electrons. The van der Waals surface area contributed by atoms with E-state index in [9.17, 15) is 10.2 Å². The minimum atomic E-state index is -0.626. The minimum Gasteiger partial charge on any atom is -0.508 e. The van der Waals surface area contributed by atoms with E-state index in [2.05, 4.69) is 0 Å². The van der Waals surface area contributed by atoms with Crippen LogP contribution in [0, 0.1) is 5.92 Å². The number of phenolic OH excluding ortho intramolecular Hbond substituents is 1. The van der Waals surface area contributed by atoms with E-state index >= 15 is 0 Å². The monoisotopic (exact) mass is 239 g/mol. The van der Waals surface area contributed by atoms with E-state index in [0.29, 0.717) is 11.3 Å². The fourth-order valence-corrected chi connectivity index (χ4v) is 1.75. The van der Waals surface area contributed by atoms with Crippen molar-refractivity contribution in [2.45, 2.75) is 32.4 Å². The Kier molecular flexibility index (Phi) is 4.78. The van der Waals surface area contributed by atoms with Crippen LogP contribution in [0.3, 0.4) is 0 Å². The quantitative estimate of drug-likeness (QED) is 0.732. The molecule has 1 aromatic rings. The summed E-state index contributed by atoms with van der Waals surface area (Å²) < 4.78 is 5.16. The summed E-state index contributed by atoms with van der Waals surface area (Å²) in [5, 5.41) is 19.4. The molecule has 1 rings (SSSR count). The average molecular weight is 239 g/mol. The molecule has 0 aliphatic carbocycles. The molecule has 0 heterocycles. The molecule has 0 aromatic heterocycles. The molecule has 96 valence electrons. The molecule has 0 fully saturated rings. The van der Waals surface area contributed by atoms with Gasteiger partial charge in [-0.15, -0.1) is 0 Å². The zero-order valence-electron chi connectivity index (χ0n) is 10.6. The molecule has 0 spiro atoms. The zero-order valence-corrected chi connectivity index (χ0v) is 10.6. The van der Waals surface area contributed by atoms with Gasteiger partial charge in [-0.25, -0.2) is 0 Å². The summed E-state index contributed by atoms with van der Waals surface area (Å²) >= 11 is 0. The van der Waals surface area contributed by atoms with Crippen LogP contribution in [0.15, 0.2) is 18.2 Å². The summed E-state index contributed by atoms with van der Waals surface area (Å²) in [6.45, 7) is 3.96. The van der Waals surface area contributed by atoms with Crippen molar-refractivity contribution < 1.29 is 14.9 Å². The fraction of sp³-hybridized carbons (Fsp3) is 0.538. The van der Waals surface area contributed by atoms with Gasteiger partial charge < -0.3 is 20.7 Å². The highest BCUT2D eigenvalue weighted by Crippen LogP contribution is 2.31. The van der Waals surface area contributed by atoms with Gasteiger partial charge in [0.15, 0.2) is 0 Å². The summed E-state index contributed by atoms with van der Waals surface area (Å²) in [6.07, 6.45) is 0.230. The van der Waals surface area contributed by atoms with Gasteiger partial charge in [-0.1, -0.05) is 20.3 Å². The van der Waals surface area contributed by atoms with E-state index in [1.54, 1.807) is 12.1 Å². The van der Waals surface area contributed by atoms with E-state index in [0.717, 1.165) is 6.42 Å². The van der Waals surface area contributed by atoms with Gasteiger partial charge in [0, 0.05) is 11.6 Å². The maximum Gasteiger partial charge on any atom is 0.127 e. The van der Waals surface area contributed by atoms with Gasteiger partial charge in [-0.2, -0.15) is 0 Å². The first-order valence-electron chi connectivity index (χ1n) is 5.81. The van der Waals surface area contributed by atoms with Gasteiger partial charge in [-0.05, 0) is 18.1 Å². The van der Waals surface area contributed by atoms with Crippen LogP contribution in [0.4, 0.5) is 0 Å². The zero-order chi connectivity index (χ0) is 13.0. The number of benzene rings is 1. The van der Waals surface area contributed by atoms with Crippen molar-refractivity contribution in [3.05, 3.63) is 23.8 Å². The Morgan fingerprint density at radius 1 is 1.41 bits per heavy atom. The van der Waals surface area contributed by atoms with Gasteiger partial charge in [0.25, 0.3) is 0 Å². The lowest BCUT2D eigenvalue weighted by Gasteiger charge is -2.25. The summed E-state index contributed by atoms with van der Waals surface area (Å²) in [5.41, 5.74) is 6.74. The van der Waals surface area contributed by atoms with Crippen LogP contribution in [-0.2, 0) is 0 Å². The molecule has 0 saturated heterocycles. The number of ether oxygens (including phenoxy) is 1. The summed E-state index contributed by atoms with van der Waals surface area (Å²) in [4.78, 5) is 0. The molecule has 3 atom stereocenters. The number of nitrogens with two attached hydrogens (primary N) is 1. The topological polar surface area (TPSA) is 75.7 Å². The maximum atomic E-state index is 10.1. The number of hydrogen-bond donors (Lipinski definition) is 3. The molecule has 1 aromatic carbocycles. The Morgan fingerprint density at radius 3 is 2.59 bits per heavy atom. The van der Waals surface area contributed by atoms with Crippen molar-refractivity contribution in [3.63, 3.8) is 0 Å². The van der Waals surface area contributed by atoms with Crippen LogP contribution in [0.5, 0.6) is 11.5 Å². The predicted molar refractivity (Wildman–Crippen MR) is 67.0 cm³/mol. The van der Waals surface area contributed by atoms with Crippen LogP contribution in [0.1, 0.15) is 31.9 Å². The van der Waals surface area contributed by atoms with E-state index in [1.165, 1.54) is 13.2 Å². The van der Waals surface area contributed by atoms with Gasteiger partial charge in [-0.3, -0.25) is 0 Å². The maximum absolute atomic E-state index is 10.1. The van der Waals surface area contributed by atoms with Crippen LogP contribution >= 0.6 is 0 Å². The lowest BCUT2D eigenvalue weighted by Crippen LogP contribution is -2.31. The first-order chi connectivity index (χ1) is 8.01. The molecular weight excluding hydrogens is 218 g/mol. The molecule has 4 nitrogen and oxygen atoms in total. The Morgan fingerprint density at radius 2 is 2.06 bits per heavy atom. The van der Waals surface area contributed by atoms with Crippen molar-refractivity contribution in [1.82, 2.24) is 0 Å². The first kappa shape index (κ1) is 13.8. The molecule has 0 amide bonds. The largest absolute Gasteiger partial charge is 0.508 e. The van der Waals surface area contributed by atoms with Crippen molar-refractivity contribution >= 4 is 0 Å². The Balaban J connectivity index is 2.99. The van der Waals surface area contributed by atoms with Gasteiger partial charge in [0.1, 0.15) is 11.5 Å². The Labute approximate surface area is 102 Å². The highest BCUT2D eigenvalue weighted by atomic mass is 16.5.